The Morgan fingerprint density at radius 3 is 3.00 bits per heavy atom. The van der Waals surface area contributed by atoms with E-state index in [0.29, 0.717) is 25.1 Å². The van der Waals surface area contributed by atoms with Crippen molar-refractivity contribution in [1.82, 2.24) is 15.8 Å². The molecule has 4 atom stereocenters. The predicted molar refractivity (Wildman–Crippen MR) is 67.6 cm³/mol. The van der Waals surface area contributed by atoms with Crippen molar-refractivity contribution < 1.29 is 14.3 Å². The summed E-state index contributed by atoms with van der Waals surface area (Å²) in [5.74, 6) is -0.795. The first kappa shape index (κ1) is 12.9. The van der Waals surface area contributed by atoms with Gasteiger partial charge in [0.1, 0.15) is 12.1 Å². The number of amides is 1. The minimum atomic E-state index is -0.705. The van der Waals surface area contributed by atoms with Gasteiger partial charge in [0.25, 0.3) is 5.91 Å². The van der Waals surface area contributed by atoms with Crippen LogP contribution >= 0.6 is 0 Å². The van der Waals surface area contributed by atoms with Gasteiger partial charge in [0.15, 0.2) is 0 Å². The average molecular weight is 267 g/mol. The third-order valence-corrected chi connectivity index (χ3v) is 4.45. The normalized spacial score (nSPS) is 37.7. The van der Waals surface area contributed by atoms with E-state index in [1.165, 1.54) is 12.8 Å². The predicted octanol–water partition coefficient (Wildman–Crippen LogP) is 0.000600. The second kappa shape index (κ2) is 5.09. The Morgan fingerprint density at radius 2 is 2.21 bits per heavy atom. The van der Waals surface area contributed by atoms with Gasteiger partial charge in [-0.2, -0.15) is 0 Å². The number of rotatable bonds is 2. The first-order valence-electron chi connectivity index (χ1n) is 7.21. The molecule has 6 nitrogen and oxygen atoms in total. The van der Waals surface area contributed by atoms with Crippen molar-refractivity contribution in [3.05, 3.63) is 0 Å². The molecule has 3 fully saturated rings. The number of carbonyl (C=O) groups is 2. The molecule has 3 rings (SSSR count). The standard InChI is InChI=1S/C13H21N3O3/c1-2-19-13(18)9-7-14-11-8-5-3-4-6-10(8)15-16(11)12(9)17/h8-11,14-15H,2-7H2,1H3. The van der Waals surface area contributed by atoms with E-state index in [0.717, 1.165) is 12.8 Å². The molecule has 1 amide bonds. The number of fused-ring (bicyclic) bond motifs is 3. The molecule has 3 aliphatic rings. The Balaban J connectivity index is 1.72. The van der Waals surface area contributed by atoms with Gasteiger partial charge in [0.05, 0.1) is 6.61 Å². The van der Waals surface area contributed by atoms with Gasteiger partial charge in [-0.05, 0) is 19.8 Å². The lowest BCUT2D eigenvalue weighted by Gasteiger charge is -2.35. The highest BCUT2D eigenvalue weighted by Gasteiger charge is 2.50. The third kappa shape index (κ3) is 2.12. The number of nitrogens with one attached hydrogen (secondary N) is 2. The molecule has 4 unspecified atom stereocenters. The summed E-state index contributed by atoms with van der Waals surface area (Å²) in [6, 6.07) is 0.371. The van der Waals surface area contributed by atoms with E-state index in [4.69, 9.17) is 4.74 Å². The fourth-order valence-corrected chi connectivity index (χ4v) is 3.51. The molecule has 0 aromatic rings. The van der Waals surface area contributed by atoms with Crippen LogP contribution in [0.15, 0.2) is 0 Å². The van der Waals surface area contributed by atoms with E-state index in [-0.39, 0.29) is 12.1 Å². The van der Waals surface area contributed by atoms with Gasteiger partial charge in [-0.25, -0.2) is 5.43 Å². The van der Waals surface area contributed by atoms with Crippen molar-refractivity contribution in [1.29, 1.82) is 0 Å². The van der Waals surface area contributed by atoms with E-state index in [1.807, 2.05) is 0 Å². The number of hydrogen-bond acceptors (Lipinski definition) is 5. The summed E-state index contributed by atoms with van der Waals surface area (Å²) < 4.78 is 4.96. The molecule has 0 spiro atoms. The number of ether oxygens (including phenoxy) is 1. The van der Waals surface area contributed by atoms with Gasteiger partial charge < -0.3 is 4.74 Å². The van der Waals surface area contributed by atoms with Crippen LogP contribution in [0.4, 0.5) is 0 Å². The van der Waals surface area contributed by atoms with Crippen molar-refractivity contribution in [2.24, 2.45) is 11.8 Å². The molecule has 0 aromatic heterocycles. The van der Waals surface area contributed by atoms with Crippen LogP contribution in [-0.2, 0) is 14.3 Å². The topological polar surface area (TPSA) is 70.7 Å². The van der Waals surface area contributed by atoms with E-state index in [9.17, 15) is 9.59 Å². The Kier molecular flexibility index (Phi) is 3.45. The molecule has 0 aromatic carbocycles. The van der Waals surface area contributed by atoms with Gasteiger partial charge >= 0.3 is 5.97 Å². The molecule has 2 aliphatic heterocycles. The van der Waals surface area contributed by atoms with Crippen LogP contribution in [0.2, 0.25) is 0 Å². The molecule has 2 heterocycles. The summed E-state index contributed by atoms with van der Waals surface area (Å²) in [7, 11) is 0. The summed E-state index contributed by atoms with van der Waals surface area (Å²) in [6.45, 7) is 2.46. The maximum Gasteiger partial charge on any atom is 0.319 e. The van der Waals surface area contributed by atoms with Crippen molar-refractivity contribution in [2.75, 3.05) is 13.2 Å². The second-order valence-corrected chi connectivity index (χ2v) is 5.55. The quantitative estimate of drug-likeness (QED) is 0.544. The molecular weight excluding hydrogens is 246 g/mol. The summed E-state index contributed by atoms with van der Waals surface area (Å²) >= 11 is 0. The summed E-state index contributed by atoms with van der Waals surface area (Å²) in [5, 5.41) is 4.99. The van der Waals surface area contributed by atoms with Crippen LogP contribution in [0.3, 0.4) is 0 Å². The highest BCUT2D eigenvalue weighted by atomic mass is 16.5. The largest absolute Gasteiger partial charge is 0.465 e. The van der Waals surface area contributed by atoms with Gasteiger partial charge in [-0.3, -0.25) is 19.9 Å². The lowest BCUT2D eigenvalue weighted by atomic mass is 9.83. The van der Waals surface area contributed by atoms with Crippen LogP contribution < -0.4 is 10.7 Å². The highest BCUT2D eigenvalue weighted by molar-refractivity contribution is 5.98. The summed E-state index contributed by atoms with van der Waals surface area (Å²) in [5.41, 5.74) is 3.29. The van der Waals surface area contributed by atoms with Gasteiger partial charge in [0, 0.05) is 18.5 Å². The molecule has 2 N–H and O–H groups in total. The zero-order valence-corrected chi connectivity index (χ0v) is 11.2. The number of esters is 1. The van der Waals surface area contributed by atoms with Gasteiger partial charge in [-0.15, -0.1) is 0 Å². The molecule has 0 radical (unpaired) electrons. The lowest BCUT2D eigenvalue weighted by Crippen LogP contribution is -2.61. The third-order valence-electron chi connectivity index (χ3n) is 4.45. The van der Waals surface area contributed by atoms with Crippen molar-refractivity contribution >= 4 is 11.9 Å². The molecule has 1 saturated carbocycles. The van der Waals surface area contributed by atoms with Crippen LogP contribution in [0.1, 0.15) is 32.6 Å². The lowest BCUT2D eigenvalue weighted by molar-refractivity contribution is -0.160. The molecule has 6 heteroatoms. The molecule has 1 aliphatic carbocycles. The molecule has 106 valence electrons. The fraction of sp³-hybridized carbons (Fsp3) is 0.846. The number of nitrogens with zero attached hydrogens (tertiary/aromatic N) is 1. The number of hydrazine groups is 1. The molecular formula is C13H21N3O3. The number of hydrogen-bond donors (Lipinski definition) is 2. The summed E-state index contributed by atoms with van der Waals surface area (Å²) in [4.78, 5) is 24.2. The van der Waals surface area contributed by atoms with E-state index < -0.39 is 11.9 Å². The van der Waals surface area contributed by atoms with E-state index in [2.05, 4.69) is 10.7 Å². The maximum atomic E-state index is 12.4. The zero-order chi connectivity index (χ0) is 13.4. The SMILES string of the molecule is CCOC(=O)C1CNC2C3CCCCC3NN2C1=O. The minimum Gasteiger partial charge on any atom is -0.465 e. The van der Waals surface area contributed by atoms with Gasteiger partial charge in [0.2, 0.25) is 0 Å². The molecule has 19 heavy (non-hydrogen) atoms. The Morgan fingerprint density at radius 1 is 1.42 bits per heavy atom. The number of carbonyl (C=O) groups excluding carboxylic acids is 2. The maximum absolute atomic E-state index is 12.4. The van der Waals surface area contributed by atoms with Crippen LogP contribution in [0.25, 0.3) is 0 Å². The Bertz CT molecular complexity index is 387. The second-order valence-electron chi connectivity index (χ2n) is 5.55. The minimum absolute atomic E-state index is 0.0449. The highest BCUT2D eigenvalue weighted by Crippen LogP contribution is 2.35. The molecule has 2 saturated heterocycles. The van der Waals surface area contributed by atoms with Crippen molar-refractivity contribution in [3.63, 3.8) is 0 Å². The first-order chi connectivity index (χ1) is 9.22. The molecule has 0 bridgehead atoms. The van der Waals surface area contributed by atoms with Crippen molar-refractivity contribution in [3.8, 4) is 0 Å². The van der Waals surface area contributed by atoms with E-state index in [1.54, 1.807) is 11.9 Å². The van der Waals surface area contributed by atoms with Gasteiger partial charge in [-0.1, -0.05) is 12.8 Å². The Labute approximate surface area is 112 Å². The Hall–Kier alpha value is -1.14. The van der Waals surface area contributed by atoms with Crippen LogP contribution in [-0.4, -0.2) is 42.2 Å². The van der Waals surface area contributed by atoms with Crippen LogP contribution in [0.5, 0.6) is 0 Å². The van der Waals surface area contributed by atoms with E-state index >= 15 is 0 Å². The van der Waals surface area contributed by atoms with Crippen LogP contribution in [0, 0.1) is 11.8 Å². The summed E-state index contributed by atoms with van der Waals surface area (Å²) in [6.07, 6.45) is 4.73. The fourth-order valence-electron chi connectivity index (χ4n) is 3.51. The van der Waals surface area contributed by atoms with Crippen molar-refractivity contribution in [2.45, 2.75) is 44.8 Å². The average Bonchev–Trinajstić information content (AvgIpc) is 2.79. The zero-order valence-electron chi connectivity index (χ0n) is 11.2. The monoisotopic (exact) mass is 267 g/mol. The smallest absolute Gasteiger partial charge is 0.319 e. The first-order valence-corrected chi connectivity index (χ1v) is 7.21.